The fraction of sp³-hybridized carbons (Fsp3) is 0.448. The summed E-state index contributed by atoms with van der Waals surface area (Å²) in [7, 11) is 0. The molecule has 1 saturated heterocycles. The normalized spacial score (nSPS) is 23.0. The van der Waals surface area contributed by atoms with Crippen molar-refractivity contribution >= 4 is 28.4 Å². The number of amides is 1. The lowest BCUT2D eigenvalue weighted by atomic mass is 9.86. The molecule has 0 spiro atoms. The van der Waals surface area contributed by atoms with Gasteiger partial charge in [-0.25, -0.2) is 4.52 Å². The molecule has 4 aromatic heterocycles. The molecule has 6 rings (SSSR count). The number of anilines is 1. The smallest absolute Gasteiger partial charge is 0.217 e. The van der Waals surface area contributed by atoms with Crippen LogP contribution in [0.3, 0.4) is 0 Å². The van der Waals surface area contributed by atoms with Gasteiger partial charge in [-0.05, 0) is 69.7 Å². The topological polar surface area (TPSA) is 130 Å². The van der Waals surface area contributed by atoms with Crippen LogP contribution in [0.5, 0.6) is 0 Å². The first-order valence-electron chi connectivity index (χ1n) is 13.8. The molecule has 1 saturated carbocycles. The SMILES string of the molecule is CC(=O)NC1CCC(c2nnc(-c3cnc(-c4ccc5cc(C#N)cnn45)cc3N[C@@H]3CCO[C@H](C)C3)s2)CC1. The Labute approximate surface area is 236 Å². The van der Waals surface area contributed by atoms with Gasteiger partial charge in [-0.15, -0.1) is 10.2 Å². The van der Waals surface area contributed by atoms with E-state index >= 15 is 0 Å². The Hall–Kier alpha value is -3.88. The second-order valence-corrected chi connectivity index (χ2v) is 11.8. The van der Waals surface area contributed by atoms with Crippen LogP contribution in [0, 0.1) is 11.3 Å². The molecule has 4 aromatic rings. The van der Waals surface area contributed by atoms with Crippen LogP contribution in [-0.4, -0.2) is 55.5 Å². The zero-order chi connectivity index (χ0) is 27.6. The van der Waals surface area contributed by atoms with Gasteiger partial charge in [0.15, 0.2) is 5.01 Å². The predicted molar refractivity (Wildman–Crippen MR) is 153 cm³/mol. The third kappa shape index (κ3) is 5.55. The molecule has 1 amide bonds. The Balaban J connectivity index is 1.30. The highest BCUT2D eigenvalue weighted by molar-refractivity contribution is 7.14. The van der Waals surface area contributed by atoms with Gasteiger partial charge >= 0.3 is 0 Å². The molecule has 0 aromatic carbocycles. The molecule has 1 aliphatic heterocycles. The third-order valence-corrected chi connectivity index (χ3v) is 8.91. The molecule has 206 valence electrons. The monoisotopic (exact) mass is 556 g/mol. The summed E-state index contributed by atoms with van der Waals surface area (Å²) >= 11 is 1.63. The molecule has 5 heterocycles. The van der Waals surface area contributed by atoms with Crippen LogP contribution in [0.15, 0.2) is 36.7 Å². The lowest BCUT2D eigenvalue weighted by Crippen LogP contribution is -2.35. The van der Waals surface area contributed by atoms with Crippen LogP contribution < -0.4 is 10.6 Å². The Morgan fingerprint density at radius 3 is 2.75 bits per heavy atom. The summed E-state index contributed by atoms with van der Waals surface area (Å²) in [5, 5.41) is 31.6. The number of pyridine rings is 1. The van der Waals surface area contributed by atoms with E-state index in [1.165, 1.54) is 0 Å². The van der Waals surface area contributed by atoms with E-state index in [-0.39, 0.29) is 24.1 Å². The number of hydrogen-bond donors (Lipinski definition) is 2. The molecular formula is C29H32N8O2S. The van der Waals surface area contributed by atoms with Crippen molar-refractivity contribution < 1.29 is 9.53 Å². The minimum atomic E-state index is 0.0346. The van der Waals surface area contributed by atoms with E-state index in [4.69, 9.17) is 9.72 Å². The number of ether oxygens (including phenoxy) is 1. The van der Waals surface area contributed by atoms with E-state index in [0.29, 0.717) is 11.5 Å². The van der Waals surface area contributed by atoms with E-state index in [9.17, 15) is 10.1 Å². The maximum atomic E-state index is 11.4. The summed E-state index contributed by atoms with van der Waals surface area (Å²) in [6, 6.07) is 10.5. The van der Waals surface area contributed by atoms with Crippen molar-refractivity contribution in [2.45, 2.75) is 76.5 Å². The average Bonchev–Trinajstić information content (AvgIpc) is 3.61. The molecule has 2 atom stereocenters. The van der Waals surface area contributed by atoms with Crippen molar-refractivity contribution in [1.29, 1.82) is 5.26 Å². The maximum Gasteiger partial charge on any atom is 0.217 e. The van der Waals surface area contributed by atoms with Crippen LogP contribution in [0.25, 0.3) is 27.5 Å². The average molecular weight is 557 g/mol. The number of nitrogens with zero attached hydrogens (tertiary/aromatic N) is 6. The lowest BCUT2D eigenvalue weighted by molar-refractivity contribution is -0.119. The number of nitriles is 1. The number of aromatic nitrogens is 5. The van der Waals surface area contributed by atoms with Crippen LogP contribution in [0.4, 0.5) is 5.69 Å². The fourth-order valence-electron chi connectivity index (χ4n) is 5.77. The summed E-state index contributed by atoms with van der Waals surface area (Å²) in [5.41, 5.74) is 4.89. The van der Waals surface area contributed by atoms with Gasteiger partial charge in [-0.3, -0.25) is 9.78 Å². The molecule has 40 heavy (non-hydrogen) atoms. The van der Waals surface area contributed by atoms with E-state index in [1.807, 2.05) is 28.9 Å². The first-order chi connectivity index (χ1) is 19.5. The number of hydrogen-bond acceptors (Lipinski definition) is 9. The summed E-state index contributed by atoms with van der Waals surface area (Å²) in [6.45, 7) is 4.41. The standard InChI is InChI=1S/C29H32N8O2S/c1-17-11-22(9-10-39-17)34-25-13-26(27-8-7-23-12-19(14-30)15-32-37(23)27)31-16-24(25)29-36-35-28(40-29)20-3-5-21(6-4-20)33-18(2)38/h7-8,12-13,15-17,20-22H,3-6,9-11H2,1-2H3,(H,31,34)(H,33,38)/t17-,20?,21?,22-/m1/s1. The Morgan fingerprint density at radius 2 is 1.98 bits per heavy atom. The molecular weight excluding hydrogens is 524 g/mol. The van der Waals surface area contributed by atoms with Gasteiger partial charge in [-0.1, -0.05) is 11.3 Å². The highest BCUT2D eigenvalue weighted by Gasteiger charge is 2.27. The van der Waals surface area contributed by atoms with Gasteiger partial charge in [0.2, 0.25) is 5.91 Å². The number of carbonyl (C=O) groups excluding carboxylic acids is 1. The first kappa shape index (κ1) is 26.3. The lowest BCUT2D eigenvalue weighted by Gasteiger charge is -2.29. The molecule has 2 fully saturated rings. The van der Waals surface area contributed by atoms with Gasteiger partial charge in [0.25, 0.3) is 0 Å². The molecule has 0 radical (unpaired) electrons. The minimum Gasteiger partial charge on any atom is -0.381 e. The summed E-state index contributed by atoms with van der Waals surface area (Å²) < 4.78 is 7.59. The molecule has 2 N–H and O–H groups in total. The van der Waals surface area contributed by atoms with Crippen LogP contribution in [-0.2, 0) is 9.53 Å². The highest BCUT2D eigenvalue weighted by atomic mass is 32.1. The number of carbonyl (C=O) groups is 1. The van der Waals surface area contributed by atoms with Crippen molar-refractivity contribution in [2.24, 2.45) is 0 Å². The van der Waals surface area contributed by atoms with Crippen molar-refractivity contribution in [2.75, 3.05) is 11.9 Å². The number of rotatable bonds is 6. The molecule has 2 aliphatic rings. The van der Waals surface area contributed by atoms with Gasteiger partial charge in [0.1, 0.15) is 11.1 Å². The molecule has 11 heteroatoms. The van der Waals surface area contributed by atoms with Gasteiger partial charge in [0, 0.05) is 43.4 Å². The second kappa shape index (κ2) is 11.3. The third-order valence-electron chi connectivity index (χ3n) is 7.80. The summed E-state index contributed by atoms with van der Waals surface area (Å²) in [4.78, 5) is 16.3. The molecule has 10 nitrogen and oxygen atoms in total. The molecule has 0 bridgehead atoms. The van der Waals surface area contributed by atoms with E-state index in [0.717, 1.165) is 83.3 Å². The van der Waals surface area contributed by atoms with E-state index < -0.39 is 0 Å². The van der Waals surface area contributed by atoms with Crippen molar-refractivity contribution in [3.63, 3.8) is 0 Å². The minimum absolute atomic E-state index is 0.0346. The number of fused-ring (bicyclic) bond motifs is 1. The van der Waals surface area contributed by atoms with Crippen LogP contribution >= 0.6 is 11.3 Å². The number of nitrogens with one attached hydrogen (secondary N) is 2. The van der Waals surface area contributed by atoms with Gasteiger partial charge < -0.3 is 15.4 Å². The highest BCUT2D eigenvalue weighted by Crippen LogP contribution is 2.39. The summed E-state index contributed by atoms with van der Waals surface area (Å²) in [6.07, 6.45) is 9.38. The Kier molecular flexibility index (Phi) is 7.45. The molecule has 1 aliphatic carbocycles. The van der Waals surface area contributed by atoms with Crippen LogP contribution in [0.1, 0.15) is 68.9 Å². The van der Waals surface area contributed by atoms with Gasteiger partial charge in [-0.2, -0.15) is 10.4 Å². The van der Waals surface area contributed by atoms with E-state index in [2.05, 4.69) is 45.0 Å². The quantitative estimate of drug-likeness (QED) is 0.342. The van der Waals surface area contributed by atoms with E-state index in [1.54, 1.807) is 24.5 Å². The Morgan fingerprint density at radius 1 is 1.12 bits per heavy atom. The Bertz CT molecular complexity index is 1570. The van der Waals surface area contributed by atoms with Crippen molar-refractivity contribution in [1.82, 2.24) is 30.1 Å². The first-order valence-corrected chi connectivity index (χ1v) is 14.7. The van der Waals surface area contributed by atoms with Crippen LogP contribution in [0.2, 0.25) is 0 Å². The summed E-state index contributed by atoms with van der Waals surface area (Å²) in [5.74, 6) is 0.389. The largest absolute Gasteiger partial charge is 0.381 e. The zero-order valence-corrected chi connectivity index (χ0v) is 23.4. The zero-order valence-electron chi connectivity index (χ0n) is 22.6. The maximum absolute atomic E-state index is 11.4. The fourth-order valence-corrected chi connectivity index (χ4v) is 6.81. The van der Waals surface area contributed by atoms with Gasteiger partial charge in [0.05, 0.1) is 40.3 Å². The molecule has 0 unspecified atom stereocenters. The van der Waals surface area contributed by atoms with Crippen molar-refractivity contribution in [3.8, 4) is 28.0 Å². The predicted octanol–water partition coefficient (Wildman–Crippen LogP) is 4.93. The second-order valence-electron chi connectivity index (χ2n) is 10.8. The van der Waals surface area contributed by atoms with Crippen molar-refractivity contribution in [3.05, 3.63) is 47.2 Å².